The van der Waals surface area contributed by atoms with Crippen molar-refractivity contribution in [2.75, 3.05) is 19.6 Å². The molecule has 24 heavy (non-hydrogen) atoms. The Hall–Kier alpha value is -1.59. The van der Waals surface area contributed by atoms with Crippen molar-refractivity contribution in [3.05, 3.63) is 34.9 Å². The van der Waals surface area contributed by atoms with Crippen LogP contribution in [-0.2, 0) is 4.79 Å². The summed E-state index contributed by atoms with van der Waals surface area (Å²) in [5.41, 5.74) is 0.584. The summed E-state index contributed by atoms with van der Waals surface area (Å²) < 4.78 is 0. The summed E-state index contributed by atoms with van der Waals surface area (Å²) in [6.07, 6.45) is 4.61. The molecule has 0 saturated carbocycles. The Balaban J connectivity index is 1.37. The molecule has 3 rings (SSSR count). The highest BCUT2D eigenvalue weighted by atomic mass is 35.5. The lowest BCUT2D eigenvalue weighted by Crippen LogP contribution is -2.39. The Morgan fingerprint density at radius 2 is 1.92 bits per heavy atom. The van der Waals surface area contributed by atoms with Gasteiger partial charge in [0.05, 0.1) is 0 Å². The Bertz CT molecular complexity index is 590. The van der Waals surface area contributed by atoms with E-state index < -0.39 is 0 Å². The molecular weight excluding hydrogens is 326 g/mol. The molecule has 2 N–H and O–H groups in total. The van der Waals surface area contributed by atoms with Gasteiger partial charge in [0.15, 0.2) is 0 Å². The van der Waals surface area contributed by atoms with E-state index in [1.54, 1.807) is 24.3 Å². The van der Waals surface area contributed by atoms with E-state index in [1.165, 1.54) is 12.8 Å². The van der Waals surface area contributed by atoms with Crippen molar-refractivity contribution in [1.82, 2.24) is 15.5 Å². The predicted molar refractivity (Wildman–Crippen MR) is 94.2 cm³/mol. The SMILES string of the molecule is O=C(NCCCC(=O)N1CCC2CCC(C1)N2)c1ccc(Cl)cc1. The van der Waals surface area contributed by atoms with Crippen LogP contribution in [0.4, 0.5) is 0 Å². The Morgan fingerprint density at radius 1 is 1.17 bits per heavy atom. The lowest BCUT2D eigenvalue weighted by Gasteiger charge is -2.24. The van der Waals surface area contributed by atoms with Crippen LogP contribution in [0.1, 0.15) is 42.5 Å². The van der Waals surface area contributed by atoms with Gasteiger partial charge in [0.1, 0.15) is 0 Å². The van der Waals surface area contributed by atoms with Crippen LogP contribution in [0.15, 0.2) is 24.3 Å². The first kappa shape index (κ1) is 17.2. The van der Waals surface area contributed by atoms with Gasteiger partial charge >= 0.3 is 0 Å². The van der Waals surface area contributed by atoms with E-state index in [9.17, 15) is 9.59 Å². The highest BCUT2D eigenvalue weighted by molar-refractivity contribution is 6.30. The van der Waals surface area contributed by atoms with Crippen LogP contribution >= 0.6 is 11.6 Å². The standard InChI is InChI=1S/C18H24ClN3O2/c19-14-5-3-13(4-6-14)18(24)20-10-1-2-17(23)22-11-9-15-7-8-16(12-22)21-15/h3-6,15-16,21H,1-2,7-12H2,(H,20,24). The van der Waals surface area contributed by atoms with Crippen LogP contribution in [0, 0.1) is 0 Å². The number of hydrogen-bond acceptors (Lipinski definition) is 3. The second-order valence-electron chi connectivity index (χ2n) is 6.63. The fourth-order valence-electron chi connectivity index (χ4n) is 3.47. The normalized spacial score (nSPS) is 23.0. The number of benzene rings is 1. The van der Waals surface area contributed by atoms with Crippen molar-refractivity contribution in [2.45, 2.75) is 44.2 Å². The molecule has 2 aliphatic rings. The Labute approximate surface area is 147 Å². The summed E-state index contributed by atoms with van der Waals surface area (Å²) in [6, 6.07) is 7.84. The first-order valence-corrected chi connectivity index (χ1v) is 9.07. The average molecular weight is 350 g/mol. The fourth-order valence-corrected chi connectivity index (χ4v) is 3.60. The van der Waals surface area contributed by atoms with Gasteiger partial charge in [0.2, 0.25) is 5.91 Å². The molecule has 6 heteroatoms. The predicted octanol–water partition coefficient (Wildman–Crippen LogP) is 2.20. The van der Waals surface area contributed by atoms with Gasteiger partial charge < -0.3 is 15.5 Å². The van der Waals surface area contributed by atoms with Crippen molar-refractivity contribution >= 4 is 23.4 Å². The van der Waals surface area contributed by atoms with Crippen molar-refractivity contribution in [1.29, 1.82) is 0 Å². The zero-order valence-corrected chi connectivity index (χ0v) is 14.5. The van der Waals surface area contributed by atoms with E-state index in [-0.39, 0.29) is 11.8 Å². The van der Waals surface area contributed by atoms with Crippen molar-refractivity contribution < 1.29 is 9.59 Å². The molecule has 5 nitrogen and oxygen atoms in total. The number of likely N-dealkylation sites (tertiary alicyclic amines) is 1. The lowest BCUT2D eigenvalue weighted by atomic mass is 10.1. The van der Waals surface area contributed by atoms with Crippen LogP contribution in [0.3, 0.4) is 0 Å². The van der Waals surface area contributed by atoms with Crippen molar-refractivity contribution in [3.8, 4) is 0 Å². The van der Waals surface area contributed by atoms with Crippen molar-refractivity contribution in [2.24, 2.45) is 0 Å². The van der Waals surface area contributed by atoms with Crippen LogP contribution < -0.4 is 10.6 Å². The van der Waals surface area contributed by atoms with Gasteiger partial charge in [-0.25, -0.2) is 0 Å². The summed E-state index contributed by atoms with van der Waals surface area (Å²) >= 11 is 5.81. The molecule has 2 fully saturated rings. The second-order valence-corrected chi connectivity index (χ2v) is 7.07. The smallest absolute Gasteiger partial charge is 0.251 e. The summed E-state index contributed by atoms with van der Waals surface area (Å²) in [4.78, 5) is 26.3. The zero-order valence-electron chi connectivity index (χ0n) is 13.8. The third-order valence-corrected chi connectivity index (χ3v) is 5.09. The lowest BCUT2D eigenvalue weighted by molar-refractivity contribution is -0.131. The van der Waals surface area contributed by atoms with Gasteiger partial charge in [-0.2, -0.15) is 0 Å². The maximum Gasteiger partial charge on any atom is 0.251 e. The quantitative estimate of drug-likeness (QED) is 0.801. The molecule has 0 spiro atoms. The van der Waals surface area contributed by atoms with Gasteiger partial charge in [0.25, 0.3) is 5.91 Å². The minimum absolute atomic E-state index is 0.129. The summed E-state index contributed by atoms with van der Waals surface area (Å²) in [5.74, 6) is 0.0699. The molecule has 2 aliphatic heterocycles. The molecule has 2 unspecified atom stereocenters. The van der Waals surface area contributed by atoms with Gasteiger partial charge in [-0.3, -0.25) is 9.59 Å². The molecule has 1 aromatic rings. The maximum atomic E-state index is 12.4. The number of fused-ring (bicyclic) bond motifs is 2. The van der Waals surface area contributed by atoms with E-state index >= 15 is 0 Å². The number of nitrogens with zero attached hydrogens (tertiary/aromatic N) is 1. The molecule has 2 atom stereocenters. The van der Waals surface area contributed by atoms with E-state index in [0.29, 0.717) is 42.1 Å². The van der Waals surface area contributed by atoms with Gasteiger partial charge in [0, 0.05) is 48.7 Å². The summed E-state index contributed by atoms with van der Waals surface area (Å²) in [7, 11) is 0. The number of halogens is 1. The number of hydrogen-bond donors (Lipinski definition) is 2. The van der Waals surface area contributed by atoms with Crippen LogP contribution in [-0.4, -0.2) is 48.4 Å². The number of nitrogens with one attached hydrogen (secondary N) is 2. The van der Waals surface area contributed by atoms with E-state index in [4.69, 9.17) is 11.6 Å². The molecule has 0 aromatic heterocycles. The van der Waals surface area contributed by atoms with Crippen LogP contribution in [0.25, 0.3) is 0 Å². The molecule has 2 saturated heterocycles. The molecule has 0 aliphatic carbocycles. The molecule has 2 bridgehead atoms. The Kier molecular flexibility index (Phi) is 5.74. The summed E-state index contributed by atoms with van der Waals surface area (Å²) in [5, 5.41) is 7.04. The minimum Gasteiger partial charge on any atom is -0.352 e. The first-order chi connectivity index (χ1) is 11.6. The van der Waals surface area contributed by atoms with Crippen molar-refractivity contribution in [3.63, 3.8) is 0 Å². The number of carbonyl (C=O) groups is 2. The molecular formula is C18H24ClN3O2. The van der Waals surface area contributed by atoms with E-state index in [2.05, 4.69) is 10.6 Å². The van der Waals surface area contributed by atoms with E-state index in [1.807, 2.05) is 4.90 Å². The van der Waals surface area contributed by atoms with Gasteiger partial charge in [-0.1, -0.05) is 11.6 Å². The summed E-state index contributed by atoms with van der Waals surface area (Å²) in [6.45, 7) is 2.18. The molecule has 1 aromatic carbocycles. The number of carbonyl (C=O) groups excluding carboxylic acids is 2. The molecule has 0 radical (unpaired) electrons. The van der Waals surface area contributed by atoms with E-state index in [0.717, 1.165) is 19.5 Å². The first-order valence-electron chi connectivity index (χ1n) is 8.69. The zero-order chi connectivity index (χ0) is 16.9. The van der Waals surface area contributed by atoms with Crippen LogP contribution in [0.5, 0.6) is 0 Å². The maximum absolute atomic E-state index is 12.4. The van der Waals surface area contributed by atoms with Gasteiger partial charge in [-0.15, -0.1) is 0 Å². The molecule has 2 amide bonds. The highest BCUT2D eigenvalue weighted by Crippen LogP contribution is 2.20. The highest BCUT2D eigenvalue weighted by Gasteiger charge is 2.30. The number of amides is 2. The molecule has 130 valence electrons. The van der Waals surface area contributed by atoms with Crippen LogP contribution in [0.2, 0.25) is 5.02 Å². The Morgan fingerprint density at radius 3 is 2.71 bits per heavy atom. The van der Waals surface area contributed by atoms with Gasteiger partial charge in [-0.05, 0) is 49.9 Å². The number of rotatable bonds is 5. The largest absolute Gasteiger partial charge is 0.352 e. The topological polar surface area (TPSA) is 61.4 Å². The fraction of sp³-hybridized carbons (Fsp3) is 0.556. The molecule has 2 heterocycles. The third kappa shape index (κ3) is 4.48. The second kappa shape index (κ2) is 7.99. The monoisotopic (exact) mass is 349 g/mol. The third-order valence-electron chi connectivity index (χ3n) is 4.84. The minimum atomic E-state index is -0.129. The average Bonchev–Trinajstić information content (AvgIpc) is 2.90.